The molecule has 19 amide bonds. The third-order valence-electron chi connectivity index (χ3n) is 19.3. The van der Waals surface area contributed by atoms with Gasteiger partial charge in [-0.3, -0.25) is 101 Å². The summed E-state index contributed by atoms with van der Waals surface area (Å²) in [5, 5.41) is 60.2. The summed E-state index contributed by atoms with van der Waals surface area (Å²) in [6.07, 6.45) is -2.82. The molecule has 0 heterocycles. The van der Waals surface area contributed by atoms with Crippen molar-refractivity contribution in [3.63, 3.8) is 0 Å². The largest absolute Gasteiger partial charge is 0.394 e. The normalized spacial score (nSPS) is 14.4. The second-order valence-corrected chi connectivity index (χ2v) is 30.9. The smallest absolute Gasteiger partial charge is 0.245 e. The number of hydrogen-bond donors (Lipinski definition) is 28. The summed E-state index contributed by atoms with van der Waals surface area (Å²) in [6, 6.07) is -3.86. The summed E-state index contributed by atoms with van der Waals surface area (Å²) >= 11 is 0. The molecule has 0 fully saturated rings. The minimum atomic E-state index is -1.84. The van der Waals surface area contributed by atoms with E-state index in [1.54, 1.807) is 74.5 Å². The van der Waals surface area contributed by atoms with Gasteiger partial charge in [0.2, 0.25) is 112 Å². The maximum absolute atomic E-state index is 14.4. The average molecular weight is 1820 g/mol. The van der Waals surface area contributed by atoms with Crippen molar-refractivity contribution in [1.29, 1.82) is 0 Å². The van der Waals surface area contributed by atoms with E-state index in [4.69, 9.17) is 57.3 Å². The molecule has 0 radical (unpaired) electrons. The van der Waals surface area contributed by atoms with Gasteiger partial charge in [-0.05, 0) is 141 Å². The first-order valence-electron chi connectivity index (χ1n) is 42.2. The molecule has 15 atom stereocenters. The van der Waals surface area contributed by atoms with Gasteiger partial charge in [-0.15, -0.1) is 0 Å². The molecule has 129 heavy (non-hydrogen) atoms. The van der Waals surface area contributed by atoms with Gasteiger partial charge in [-0.25, -0.2) is 0 Å². The van der Waals surface area contributed by atoms with Gasteiger partial charge in [0.05, 0.1) is 44.8 Å². The van der Waals surface area contributed by atoms with Gasteiger partial charge in [0, 0.05) is 25.9 Å². The van der Waals surface area contributed by atoms with E-state index < -0.39 is 236 Å². The Morgan fingerprint density at radius 3 is 1.16 bits per heavy atom. The first-order valence-corrected chi connectivity index (χ1v) is 42.2. The third kappa shape index (κ3) is 45.6. The Morgan fingerprint density at radius 2 is 0.736 bits per heavy atom. The number of guanidine groups is 2. The molecule has 2 rings (SSSR count). The molecule has 0 aliphatic carbocycles. The number of nitrogens with zero attached hydrogens (tertiary/aromatic N) is 2. The van der Waals surface area contributed by atoms with Crippen LogP contribution in [-0.4, -0.2) is 277 Å². The molecule has 0 saturated carbocycles. The number of carbonyl (C=O) groups excluding carboxylic acids is 19. The van der Waals surface area contributed by atoms with Crippen LogP contribution in [0, 0.1) is 5.92 Å². The van der Waals surface area contributed by atoms with Crippen molar-refractivity contribution in [2.45, 2.75) is 241 Å². The van der Waals surface area contributed by atoms with Crippen LogP contribution in [0.1, 0.15) is 149 Å². The van der Waals surface area contributed by atoms with Gasteiger partial charge in [0.15, 0.2) is 11.9 Å². The highest BCUT2D eigenvalue weighted by Gasteiger charge is 2.38. The van der Waals surface area contributed by atoms with E-state index in [0.717, 1.165) is 12.5 Å². The van der Waals surface area contributed by atoms with Gasteiger partial charge in [-0.2, -0.15) is 0 Å². The van der Waals surface area contributed by atoms with E-state index in [2.05, 4.69) is 95.1 Å². The number of nitrogens with two attached hydrogens (primary N) is 10. The lowest BCUT2D eigenvalue weighted by molar-refractivity contribution is -0.136. The van der Waals surface area contributed by atoms with Crippen molar-refractivity contribution in [1.82, 2.24) is 85.1 Å². The van der Waals surface area contributed by atoms with Gasteiger partial charge in [0.1, 0.15) is 78.5 Å². The number of primary amides is 3. The monoisotopic (exact) mass is 1820 g/mol. The van der Waals surface area contributed by atoms with Crippen molar-refractivity contribution < 1.29 is 101 Å². The Labute approximate surface area is 746 Å². The molecule has 49 nitrogen and oxygen atoms in total. The minimum absolute atomic E-state index is 0.0225. The fraction of sp³-hybridized carbons (Fsp3) is 0.588. The van der Waals surface area contributed by atoms with Gasteiger partial charge in [-0.1, -0.05) is 81.4 Å². The number of aliphatic hydroxyl groups excluding tert-OH is 2. The van der Waals surface area contributed by atoms with Crippen LogP contribution in [0.25, 0.3) is 0 Å². The topological polar surface area (TPSA) is 842 Å². The highest BCUT2D eigenvalue weighted by Crippen LogP contribution is 2.14. The molecule has 2 aromatic rings. The number of rotatable bonds is 63. The number of amides is 19. The van der Waals surface area contributed by atoms with E-state index in [-0.39, 0.29) is 134 Å². The van der Waals surface area contributed by atoms with Crippen molar-refractivity contribution in [2.75, 3.05) is 52.4 Å². The zero-order chi connectivity index (χ0) is 97.0. The molecule has 0 aliphatic heterocycles. The number of benzene rings is 2. The summed E-state index contributed by atoms with van der Waals surface area (Å²) in [6.45, 7) is 5.43. The zero-order valence-electron chi connectivity index (χ0n) is 73.5. The average Bonchev–Trinajstić information content (AvgIpc) is 0.879. The summed E-state index contributed by atoms with van der Waals surface area (Å²) < 4.78 is 0. The van der Waals surface area contributed by atoms with Crippen LogP contribution >= 0.6 is 0 Å². The number of aliphatic hydroxyl groups is 2. The first kappa shape index (κ1) is 112. The van der Waals surface area contributed by atoms with E-state index >= 15 is 0 Å². The zero-order valence-corrected chi connectivity index (χ0v) is 73.5. The Kier molecular flexibility index (Phi) is 52.3. The van der Waals surface area contributed by atoms with Crippen LogP contribution in [0.5, 0.6) is 0 Å². The summed E-state index contributed by atoms with van der Waals surface area (Å²) in [7, 11) is 0. The lowest BCUT2D eigenvalue weighted by Crippen LogP contribution is -2.61. The van der Waals surface area contributed by atoms with E-state index in [1.165, 1.54) is 20.8 Å². The molecule has 718 valence electrons. The molecular formula is C80H132N28O21. The summed E-state index contributed by atoms with van der Waals surface area (Å²) in [5.74, 6) is -19.3. The quantitative estimate of drug-likeness (QED) is 0.0166. The van der Waals surface area contributed by atoms with Crippen LogP contribution in [0.15, 0.2) is 70.6 Å². The molecule has 49 heteroatoms. The second-order valence-electron chi connectivity index (χ2n) is 30.9. The lowest BCUT2D eigenvalue weighted by atomic mass is 10.0. The van der Waals surface area contributed by atoms with Crippen molar-refractivity contribution in [3.8, 4) is 0 Å². The van der Waals surface area contributed by atoms with Crippen LogP contribution in [-0.2, 0) is 104 Å². The number of carbonyl (C=O) groups is 19. The molecule has 0 saturated heterocycles. The van der Waals surface area contributed by atoms with E-state index in [0.29, 0.717) is 18.4 Å². The van der Waals surface area contributed by atoms with E-state index in [9.17, 15) is 101 Å². The van der Waals surface area contributed by atoms with Crippen molar-refractivity contribution in [3.05, 3.63) is 71.8 Å². The predicted octanol–water partition coefficient (Wildman–Crippen LogP) is -11.7. The Bertz CT molecular complexity index is 4120. The molecule has 0 unspecified atom stereocenters. The third-order valence-corrected chi connectivity index (χ3v) is 19.3. The molecule has 0 spiro atoms. The van der Waals surface area contributed by atoms with Crippen LogP contribution in [0.3, 0.4) is 0 Å². The maximum Gasteiger partial charge on any atom is 0.245 e. The number of hydrogen-bond acceptors (Lipinski definition) is 26. The Hall–Kier alpha value is -13.3. The molecule has 38 N–H and O–H groups in total. The summed E-state index contributed by atoms with van der Waals surface area (Å²) in [4.78, 5) is 264. The van der Waals surface area contributed by atoms with Crippen molar-refractivity contribution in [2.24, 2.45) is 73.2 Å². The maximum atomic E-state index is 14.4. The van der Waals surface area contributed by atoms with Crippen molar-refractivity contribution >= 4 is 124 Å². The van der Waals surface area contributed by atoms with Gasteiger partial charge >= 0.3 is 0 Å². The van der Waals surface area contributed by atoms with E-state index in [1.807, 2.05) is 0 Å². The minimum Gasteiger partial charge on any atom is -0.394 e. The molecule has 0 bridgehead atoms. The van der Waals surface area contributed by atoms with Crippen LogP contribution in [0.2, 0.25) is 0 Å². The number of aliphatic imine (C=N–C) groups is 2. The lowest BCUT2D eigenvalue weighted by Gasteiger charge is -2.28. The highest BCUT2D eigenvalue weighted by atomic mass is 16.3. The Balaban J connectivity index is 2.33. The molecule has 0 aromatic heterocycles. The standard InChI is InChI=1S/C80H132N28O21/c1-7-49(98-63(115)40-95-78(129)64(45(6)110)108-76(127)56(36-47-22-12-9-13-23-47)99-62(114)39-93-61(113)38-94-68(119)48(83)35-46-20-10-8-11-21-46)69(120)102-54(27-19-33-92-80(89)90)71(122)104-52(25-15-17-31-82)73(124)107-58(41-109)77(128)97-43(4)66(117)101-53(26-18-32-91-79(87)88)70(121)103-51(24-14-16-30-81)72(123)106-55(34-42(2)3)74(125)96-44(5)67(118)105-57(37-60(85)112)75(126)100-50(65(86)116)28-29-59(84)111/h8-13,20-23,42-45,48-58,64,109-110H,7,14-19,24-41,81-83H2,1-6H3,(H2,84,111)(H2,85,112)(H2,86,116)(H,93,113)(H,94,119)(H,95,129)(H,96,125)(H,97,128)(H,98,115)(H,99,114)(H,100,126)(H,101,117)(H,102,120)(H,103,121)(H,104,122)(H,105,118)(H,106,123)(H,107,124)(H,108,127)(H4,87,88,91)(H4,89,90,92)/t43-,44-,45+,48-,49-,50-,51-,52-,53-,54-,55-,56-,57-,58-,64-/m0/s1. The Morgan fingerprint density at radius 1 is 0.364 bits per heavy atom. The number of nitrogens with one attached hydrogen (secondary N) is 16. The fourth-order valence-electron chi connectivity index (χ4n) is 12.3. The highest BCUT2D eigenvalue weighted by molar-refractivity contribution is 6.01. The predicted molar refractivity (Wildman–Crippen MR) is 469 cm³/mol. The number of unbranched alkanes of at least 4 members (excludes halogenated alkanes) is 2. The fourth-order valence-corrected chi connectivity index (χ4v) is 12.3. The summed E-state index contributed by atoms with van der Waals surface area (Å²) in [5.41, 5.74) is 57.0. The molecule has 0 aliphatic rings. The van der Waals surface area contributed by atoms with Crippen LogP contribution < -0.4 is 142 Å². The SMILES string of the molecule is CC[C@H](NC(=O)CNC(=O)[C@@H](NC(=O)[C@H](Cc1ccccc1)NC(=O)CNC(=O)CNC(=O)[C@@H](N)Cc1ccccc1)[C@@H](C)O)C(=O)N[C@@H](CCCN=C(N)N)C(=O)N[C@@H](CCCCN)C(=O)N[C@@H](CO)C(=O)N[C@@H](C)C(=O)N[C@@H](CCCN=C(N)N)C(=O)N[C@@H](CCCCN)C(=O)N[C@@H](CC(C)C)C(=O)N[C@@H](C)C(=O)N[C@@H](CC(N)=O)C(=O)N[C@@H](CCC(N)=O)C(N)=O. The second kappa shape index (κ2) is 60.4. The van der Waals surface area contributed by atoms with Gasteiger partial charge in [0.25, 0.3) is 0 Å². The first-order chi connectivity index (χ1) is 60.9. The molecular weight excluding hydrogens is 1690 g/mol. The molecule has 2 aromatic carbocycles. The van der Waals surface area contributed by atoms with Gasteiger partial charge < -0.3 is 153 Å². The van der Waals surface area contributed by atoms with Crippen LogP contribution in [0.4, 0.5) is 0 Å².